The van der Waals surface area contributed by atoms with Crippen LogP contribution in [0.5, 0.6) is 5.75 Å². The van der Waals surface area contributed by atoms with Crippen LogP contribution in [0.1, 0.15) is 13.3 Å². The topological polar surface area (TPSA) is 20.2 Å². The number of benzene rings is 1. The van der Waals surface area contributed by atoms with Gasteiger partial charge in [-0.1, -0.05) is 31.2 Å². The number of allylic oxidation sites excluding steroid dienone is 1. The third-order valence-electron chi connectivity index (χ3n) is 1.04. The Balaban J connectivity index is -0.0000000413. The van der Waals surface area contributed by atoms with Gasteiger partial charge in [0.2, 0.25) is 0 Å². The third kappa shape index (κ3) is 244. The Morgan fingerprint density at radius 3 is 0.966 bits per heavy atom. The number of phenols is 1. The van der Waals surface area contributed by atoms with Crippen molar-refractivity contribution in [2.45, 2.75) is 13.3 Å². The zero-order chi connectivity index (χ0) is 22.0. The van der Waals surface area contributed by atoms with Gasteiger partial charge in [-0.15, -0.1) is 6.58 Å². The maximum absolute atomic E-state index is 9.75. The van der Waals surface area contributed by atoms with Gasteiger partial charge in [-0.3, -0.25) is 9.41 Å². The van der Waals surface area contributed by atoms with Crippen LogP contribution in [0, 0.1) is 0 Å². The summed E-state index contributed by atoms with van der Waals surface area (Å²) in [6, 6.07) is 8.71. The molecule has 0 fully saturated rings. The Labute approximate surface area is 200 Å². The molecule has 0 amide bonds. The van der Waals surface area contributed by atoms with Crippen LogP contribution in [-0.2, 0) is 0 Å². The molecule has 1 N–H and O–H groups in total. The summed E-state index contributed by atoms with van der Waals surface area (Å²) in [6.07, 6.45) is 2.96. The molecule has 1 nitrogen and oxygen atoms in total. The summed E-state index contributed by atoms with van der Waals surface area (Å²) in [5.74, 6) is 0.322. The quantitative estimate of drug-likeness (QED) is 0.270. The Morgan fingerprint density at radius 2 is 0.897 bits per heavy atom. The molecule has 0 saturated carbocycles. The van der Waals surface area contributed by atoms with Crippen LogP contribution >= 0.6 is 0 Å². The normalized spacial score (nSPS) is 9.14. The molecule has 174 valence electrons. The van der Waals surface area contributed by atoms with E-state index in [0.29, 0.717) is 5.75 Å². The standard InChI is InChI=1S/C6H6O.C4H8.3BF4.2FH.K.H/c7-6-4-2-1-3-5-6;1-3-4-2;3*2-1(3,4)5;;;;/h1-5,7H;3H,1,4H2,2H3;;;;2*1H;;/q;;3*-1;;;;. The summed E-state index contributed by atoms with van der Waals surface area (Å²) in [4.78, 5) is 0. The van der Waals surface area contributed by atoms with Crippen LogP contribution in [-0.4, -0.2) is 78.3 Å². The van der Waals surface area contributed by atoms with Gasteiger partial charge in [0.15, 0.2) is 0 Å². The van der Waals surface area contributed by atoms with Crippen LogP contribution in [0.25, 0.3) is 0 Å². The van der Waals surface area contributed by atoms with Crippen molar-refractivity contribution >= 4 is 73.1 Å². The van der Waals surface area contributed by atoms with Crippen molar-refractivity contribution in [3.63, 3.8) is 0 Å². The summed E-state index contributed by atoms with van der Waals surface area (Å²) in [5.41, 5.74) is 0. The number of hydrogen-bond acceptors (Lipinski definition) is 1. The van der Waals surface area contributed by atoms with Crippen LogP contribution in [0.2, 0.25) is 0 Å². The number of rotatable bonds is 1. The van der Waals surface area contributed by atoms with Gasteiger partial charge in [0.05, 0.1) is 0 Å². The average Bonchev–Trinajstić information content (AvgIpc) is 2.34. The van der Waals surface area contributed by atoms with E-state index in [1.807, 2.05) is 12.1 Å². The minimum atomic E-state index is -6.00. The van der Waals surface area contributed by atoms with Crippen molar-refractivity contribution in [2.75, 3.05) is 0 Å². The predicted octanol–water partition coefficient (Wildman–Crippen LogP) is 6.53. The molecule has 0 aliphatic heterocycles. The van der Waals surface area contributed by atoms with Crippen molar-refractivity contribution < 1.29 is 66.3 Å². The monoisotopic (exact) mass is 491 g/mol. The Kier molecular flexibility index (Phi) is 41.3. The van der Waals surface area contributed by atoms with Gasteiger partial charge in [-0.2, -0.15) is 0 Å². The van der Waals surface area contributed by atoms with Crippen LogP contribution < -0.4 is 0 Å². The first-order valence-electron chi connectivity index (χ1n) is 6.28. The molecule has 0 heterocycles. The van der Waals surface area contributed by atoms with E-state index in [9.17, 15) is 51.8 Å². The Morgan fingerprint density at radius 1 is 0.724 bits per heavy atom. The summed E-state index contributed by atoms with van der Waals surface area (Å²) >= 11 is 0. The van der Waals surface area contributed by atoms with Gasteiger partial charge in [-0.25, -0.2) is 0 Å². The zero-order valence-electron chi connectivity index (χ0n) is 13.9. The van der Waals surface area contributed by atoms with E-state index < -0.39 is 21.8 Å². The number of halogens is 14. The van der Waals surface area contributed by atoms with Gasteiger partial charge < -0.3 is 56.9 Å². The molecule has 0 saturated heterocycles. The molecule has 1 aromatic carbocycles. The molecule has 19 heteroatoms. The molecule has 0 spiro atoms. The van der Waals surface area contributed by atoms with Crippen molar-refractivity contribution in [2.24, 2.45) is 0 Å². The fraction of sp³-hybridized carbons (Fsp3) is 0.200. The van der Waals surface area contributed by atoms with Crippen molar-refractivity contribution in [1.29, 1.82) is 0 Å². The molecule has 0 aliphatic carbocycles. The molecule has 0 aromatic heterocycles. The van der Waals surface area contributed by atoms with E-state index in [-0.39, 0.29) is 60.8 Å². The molecule has 0 unspecified atom stereocenters. The maximum atomic E-state index is 9.75. The molecular formula is C10H17B3F14KO-3. The van der Waals surface area contributed by atoms with Crippen LogP contribution in [0.3, 0.4) is 0 Å². The van der Waals surface area contributed by atoms with Crippen molar-refractivity contribution in [3.8, 4) is 5.75 Å². The molecule has 0 aliphatic rings. The fourth-order valence-corrected chi connectivity index (χ4v) is 0.428. The molecule has 1 rings (SSSR count). The minimum absolute atomic E-state index is 0. The van der Waals surface area contributed by atoms with Crippen molar-refractivity contribution in [3.05, 3.63) is 43.0 Å². The molecule has 1 aromatic rings. The van der Waals surface area contributed by atoms with Gasteiger partial charge in [0.25, 0.3) is 0 Å². The summed E-state index contributed by atoms with van der Waals surface area (Å²) in [6.45, 7) is 5.54. The van der Waals surface area contributed by atoms with Crippen molar-refractivity contribution in [1.82, 2.24) is 0 Å². The number of para-hydroxylation sites is 1. The SMILES string of the molecule is C=CCC.F.F.F[B-](F)(F)F.F[B-](F)(F)F.F[B-](F)(F)F.Oc1ccccc1.[KH]. The molecular weight excluding hydrogens is 474 g/mol. The molecule has 0 radical (unpaired) electrons. The van der Waals surface area contributed by atoms with Crippen LogP contribution in [0.4, 0.5) is 61.2 Å². The first-order chi connectivity index (χ1) is 11.3. The zero-order valence-corrected chi connectivity index (χ0v) is 13.9. The molecule has 0 atom stereocenters. The van der Waals surface area contributed by atoms with Gasteiger partial charge in [-0.05, 0) is 18.6 Å². The predicted molar refractivity (Wildman–Crippen MR) is 91.3 cm³/mol. The number of aromatic hydroxyl groups is 1. The van der Waals surface area contributed by atoms with E-state index in [4.69, 9.17) is 5.11 Å². The summed E-state index contributed by atoms with van der Waals surface area (Å²) in [5, 5.41) is 8.63. The second kappa shape index (κ2) is 25.6. The fourth-order valence-electron chi connectivity index (χ4n) is 0.428. The van der Waals surface area contributed by atoms with Gasteiger partial charge in [0.1, 0.15) is 5.75 Å². The first-order valence-corrected chi connectivity index (χ1v) is 6.28. The second-order valence-corrected chi connectivity index (χ2v) is 3.52. The Hall–Kier alpha value is -0.389. The first kappa shape index (κ1) is 46.7. The van der Waals surface area contributed by atoms with Crippen LogP contribution in [0.15, 0.2) is 43.0 Å². The van der Waals surface area contributed by atoms with E-state index in [1.54, 1.807) is 24.3 Å². The third-order valence-corrected chi connectivity index (χ3v) is 1.04. The van der Waals surface area contributed by atoms with E-state index in [2.05, 4.69) is 13.5 Å². The van der Waals surface area contributed by atoms with Gasteiger partial charge in [0, 0.05) is 0 Å². The summed E-state index contributed by atoms with van der Waals surface area (Å²) in [7, 11) is -18.0. The van der Waals surface area contributed by atoms with Gasteiger partial charge >= 0.3 is 73.1 Å². The molecule has 29 heavy (non-hydrogen) atoms. The van der Waals surface area contributed by atoms with E-state index >= 15 is 0 Å². The number of hydrogen-bond donors (Lipinski definition) is 1. The second-order valence-electron chi connectivity index (χ2n) is 3.52. The summed E-state index contributed by atoms with van der Waals surface area (Å²) < 4.78 is 117. The molecule has 0 bridgehead atoms. The van der Waals surface area contributed by atoms with E-state index in [0.717, 1.165) is 6.42 Å². The average molecular weight is 491 g/mol. The Bertz CT molecular complexity index is 380. The van der Waals surface area contributed by atoms with E-state index in [1.165, 1.54) is 0 Å². The number of phenolic OH excluding ortho intramolecular Hbond substituents is 1.